The Bertz CT molecular complexity index is 1100. The third-order valence-electron chi connectivity index (χ3n) is 4.80. The first-order chi connectivity index (χ1) is 12.9. The minimum absolute atomic E-state index is 0.257. The Morgan fingerprint density at radius 3 is 2.44 bits per heavy atom. The topological polar surface area (TPSA) is 84.2 Å². The molecule has 2 aromatic carbocycles. The van der Waals surface area contributed by atoms with E-state index in [1.807, 2.05) is 39.1 Å². The molecule has 27 heavy (non-hydrogen) atoms. The van der Waals surface area contributed by atoms with Gasteiger partial charge in [-0.15, -0.1) is 5.10 Å². The first-order valence-electron chi connectivity index (χ1n) is 8.56. The van der Waals surface area contributed by atoms with Crippen LogP contribution < -0.4 is 9.21 Å². The Kier molecular flexibility index (Phi) is 4.11. The summed E-state index contributed by atoms with van der Waals surface area (Å²) in [6.45, 7) is 4.89. The van der Waals surface area contributed by atoms with E-state index in [1.54, 1.807) is 18.2 Å². The summed E-state index contributed by atoms with van der Waals surface area (Å²) < 4.78 is 29.7. The normalized spacial score (nSPS) is 14.3. The van der Waals surface area contributed by atoms with Crippen molar-refractivity contribution in [3.8, 4) is 5.69 Å². The number of hydrogen-bond acceptors (Lipinski definition) is 6. The van der Waals surface area contributed by atoms with Crippen LogP contribution in [0.25, 0.3) is 5.69 Å². The lowest BCUT2D eigenvalue weighted by Crippen LogP contribution is -2.42. The van der Waals surface area contributed by atoms with Crippen molar-refractivity contribution < 1.29 is 8.42 Å². The monoisotopic (exact) mass is 384 g/mol. The predicted octanol–water partition coefficient (Wildman–Crippen LogP) is 1.92. The van der Waals surface area contributed by atoms with Crippen LogP contribution in [-0.4, -0.2) is 48.8 Å². The summed E-state index contributed by atoms with van der Waals surface area (Å²) >= 11 is 0. The molecule has 9 heteroatoms. The lowest BCUT2D eigenvalue weighted by atomic mass is 10.1. The van der Waals surface area contributed by atoms with Gasteiger partial charge in [0.05, 0.1) is 28.5 Å². The van der Waals surface area contributed by atoms with Gasteiger partial charge in [0.15, 0.2) is 0 Å². The summed E-state index contributed by atoms with van der Waals surface area (Å²) in [7, 11) is -1.69. The Morgan fingerprint density at radius 2 is 1.74 bits per heavy atom. The highest BCUT2D eigenvalue weighted by Crippen LogP contribution is 2.36. The van der Waals surface area contributed by atoms with Crippen LogP contribution in [0, 0.1) is 13.8 Å². The smallest absolute Gasteiger partial charge is 0.264 e. The summed E-state index contributed by atoms with van der Waals surface area (Å²) in [5, 5.41) is 11.1. The van der Waals surface area contributed by atoms with Crippen molar-refractivity contribution in [1.29, 1.82) is 0 Å². The number of likely N-dealkylation sites (N-methyl/N-ethyl adjacent to an activating group) is 1. The maximum absolute atomic E-state index is 13.4. The molecular weight excluding hydrogens is 364 g/mol. The summed E-state index contributed by atoms with van der Waals surface area (Å²) in [6, 6.07) is 10.8. The van der Waals surface area contributed by atoms with Gasteiger partial charge in [0, 0.05) is 13.6 Å². The average molecular weight is 384 g/mol. The largest absolute Gasteiger partial charge is 0.371 e. The molecule has 0 amide bonds. The molecule has 0 aliphatic carbocycles. The number of aryl methyl sites for hydroxylation is 2. The number of nitrogens with zero attached hydrogens (tertiary/aromatic N) is 6. The molecule has 0 bridgehead atoms. The van der Waals surface area contributed by atoms with Crippen molar-refractivity contribution in [2.45, 2.75) is 18.7 Å². The van der Waals surface area contributed by atoms with E-state index in [0.717, 1.165) is 22.5 Å². The number of fused-ring (bicyclic) bond motifs is 1. The number of anilines is 2. The quantitative estimate of drug-likeness (QED) is 0.686. The molecule has 0 N–H and O–H groups in total. The van der Waals surface area contributed by atoms with Gasteiger partial charge in [-0.05, 0) is 65.7 Å². The van der Waals surface area contributed by atoms with Crippen LogP contribution in [0.15, 0.2) is 47.6 Å². The van der Waals surface area contributed by atoms with Gasteiger partial charge < -0.3 is 4.90 Å². The third kappa shape index (κ3) is 2.93. The van der Waals surface area contributed by atoms with E-state index in [9.17, 15) is 8.42 Å². The Hall–Kier alpha value is -2.94. The molecule has 8 nitrogen and oxygen atoms in total. The van der Waals surface area contributed by atoms with Crippen LogP contribution >= 0.6 is 0 Å². The third-order valence-corrected chi connectivity index (χ3v) is 6.61. The van der Waals surface area contributed by atoms with Gasteiger partial charge in [-0.1, -0.05) is 6.07 Å². The van der Waals surface area contributed by atoms with Gasteiger partial charge in [0.25, 0.3) is 10.0 Å². The van der Waals surface area contributed by atoms with E-state index in [-0.39, 0.29) is 4.90 Å². The first kappa shape index (κ1) is 17.5. The molecule has 1 aromatic heterocycles. The SMILES string of the molecule is Cc1ccc2c(c1)N(C)CCN2S(=O)(=O)c1ccc(-n2cnnn2)c(C)c1. The van der Waals surface area contributed by atoms with Crippen molar-refractivity contribution in [3.05, 3.63) is 53.9 Å². The molecule has 2 heterocycles. The van der Waals surface area contributed by atoms with Gasteiger partial charge >= 0.3 is 0 Å². The molecule has 0 fully saturated rings. The van der Waals surface area contributed by atoms with Gasteiger partial charge in [-0.2, -0.15) is 0 Å². The predicted molar refractivity (Wildman–Crippen MR) is 103 cm³/mol. The number of hydrogen-bond donors (Lipinski definition) is 0. The molecule has 0 unspecified atom stereocenters. The zero-order valence-electron chi connectivity index (χ0n) is 15.4. The summed E-state index contributed by atoms with van der Waals surface area (Å²) in [5.74, 6) is 0. The van der Waals surface area contributed by atoms with Crippen molar-refractivity contribution in [1.82, 2.24) is 20.2 Å². The highest BCUT2D eigenvalue weighted by Gasteiger charge is 2.31. The van der Waals surface area contributed by atoms with E-state index in [2.05, 4.69) is 20.4 Å². The lowest BCUT2D eigenvalue weighted by molar-refractivity contribution is 0.589. The number of tetrazole rings is 1. The number of benzene rings is 2. The maximum atomic E-state index is 13.4. The van der Waals surface area contributed by atoms with Crippen LogP contribution in [0.1, 0.15) is 11.1 Å². The first-order valence-corrected chi connectivity index (χ1v) is 10.0. The second kappa shape index (κ2) is 6.34. The second-order valence-corrected chi connectivity index (χ2v) is 8.56. The molecule has 0 spiro atoms. The van der Waals surface area contributed by atoms with E-state index in [0.29, 0.717) is 18.8 Å². The minimum atomic E-state index is -3.67. The lowest BCUT2D eigenvalue weighted by Gasteiger charge is -2.36. The van der Waals surface area contributed by atoms with Crippen LogP contribution in [0.5, 0.6) is 0 Å². The van der Waals surface area contributed by atoms with Crippen molar-refractivity contribution in [3.63, 3.8) is 0 Å². The van der Waals surface area contributed by atoms with Gasteiger partial charge in [-0.25, -0.2) is 13.1 Å². The van der Waals surface area contributed by atoms with Crippen LogP contribution in [-0.2, 0) is 10.0 Å². The molecule has 1 aliphatic heterocycles. The van der Waals surface area contributed by atoms with E-state index >= 15 is 0 Å². The fourth-order valence-corrected chi connectivity index (χ4v) is 4.88. The van der Waals surface area contributed by atoms with E-state index in [1.165, 1.54) is 15.3 Å². The molecule has 0 saturated carbocycles. The Labute approximate surface area is 158 Å². The van der Waals surface area contributed by atoms with E-state index < -0.39 is 10.0 Å². The van der Waals surface area contributed by atoms with Crippen LogP contribution in [0.2, 0.25) is 0 Å². The zero-order valence-corrected chi connectivity index (χ0v) is 16.2. The fourth-order valence-electron chi connectivity index (χ4n) is 3.33. The zero-order chi connectivity index (χ0) is 19.2. The standard InChI is InChI=1S/C18H20N6O2S/c1-13-4-6-17-18(10-13)22(3)8-9-24(17)27(25,26)15-5-7-16(14(2)11-15)23-12-19-20-21-23/h4-7,10-12H,8-9H2,1-3H3. The fraction of sp³-hybridized carbons (Fsp3) is 0.278. The van der Waals surface area contributed by atoms with Crippen LogP contribution in [0.3, 0.4) is 0 Å². The molecular formula is C18H20N6O2S. The van der Waals surface area contributed by atoms with Crippen molar-refractivity contribution in [2.75, 3.05) is 29.3 Å². The number of aromatic nitrogens is 4. The molecule has 4 rings (SSSR count). The molecule has 3 aromatic rings. The van der Waals surface area contributed by atoms with Gasteiger partial charge in [0.1, 0.15) is 6.33 Å². The highest BCUT2D eigenvalue weighted by atomic mass is 32.2. The second-order valence-electron chi connectivity index (χ2n) is 6.69. The summed E-state index contributed by atoms with van der Waals surface area (Å²) in [5.41, 5.74) is 4.25. The number of rotatable bonds is 3. The van der Waals surface area contributed by atoms with Crippen molar-refractivity contribution >= 4 is 21.4 Å². The van der Waals surface area contributed by atoms with Crippen LogP contribution in [0.4, 0.5) is 11.4 Å². The Balaban J connectivity index is 1.77. The average Bonchev–Trinajstić information content (AvgIpc) is 3.16. The molecule has 140 valence electrons. The van der Waals surface area contributed by atoms with Gasteiger partial charge in [-0.3, -0.25) is 4.31 Å². The highest BCUT2D eigenvalue weighted by molar-refractivity contribution is 7.92. The molecule has 0 atom stereocenters. The summed E-state index contributed by atoms with van der Waals surface area (Å²) in [6.07, 6.45) is 1.48. The van der Waals surface area contributed by atoms with E-state index in [4.69, 9.17) is 0 Å². The molecule has 0 saturated heterocycles. The summed E-state index contributed by atoms with van der Waals surface area (Å²) in [4.78, 5) is 2.34. The number of sulfonamides is 1. The van der Waals surface area contributed by atoms with Crippen molar-refractivity contribution in [2.24, 2.45) is 0 Å². The maximum Gasteiger partial charge on any atom is 0.264 e. The molecule has 1 aliphatic rings. The Morgan fingerprint density at radius 1 is 0.963 bits per heavy atom. The minimum Gasteiger partial charge on any atom is -0.371 e. The molecule has 0 radical (unpaired) electrons. The van der Waals surface area contributed by atoms with Gasteiger partial charge in [0.2, 0.25) is 0 Å².